The van der Waals surface area contributed by atoms with Crippen LogP contribution in [-0.4, -0.2) is 49.4 Å². The van der Waals surface area contributed by atoms with Crippen molar-refractivity contribution in [2.75, 3.05) is 6.61 Å². The van der Waals surface area contributed by atoms with E-state index in [0.29, 0.717) is 25.2 Å². The van der Waals surface area contributed by atoms with Gasteiger partial charge in [0.15, 0.2) is 6.29 Å². The van der Waals surface area contributed by atoms with E-state index in [1.165, 1.54) is 58.3 Å². The minimum atomic E-state index is -0.772. The van der Waals surface area contributed by atoms with Crippen molar-refractivity contribution in [3.05, 3.63) is 119 Å². The Labute approximate surface area is 379 Å². The zero-order chi connectivity index (χ0) is 44.0. The fourth-order valence-corrected chi connectivity index (χ4v) is 13.1. The molecule has 5 aliphatic rings. The van der Waals surface area contributed by atoms with Gasteiger partial charge in [-0.25, -0.2) is 0 Å². The van der Waals surface area contributed by atoms with Crippen molar-refractivity contribution in [2.24, 2.45) is 46.3 Å². The van der Waals surface area contributed by atoms with Gasteiger partial charge in [0.25, 0.3) is 0 Å². The van der Waals surface area contributed by atoms with Crippen LogP contribution in [0.3, 0.4) is 0 Å². The minimum Gasteiger partial charge on any atom is -0.463 e. The zero-order valence-electron chi connectivity index (χ0n) is 39.1. The predicted molar refractivity (Wildman–Crippen MR) is 248 cm³/mol. The normalized spacial score (nSPS) is 34.4. The summed E-state index contributed by atoms with van der Waals surface area (Å²) in [6.07, 6.45) is 13.2. The summed E-state index contributed by atoms with van der Waals surface area (Å²) in [5.41, 5.74) is 5.36. The molecule has 7 heteroatoms. The molecule has 4 aliphatic carbocycles. The van der Waals surface area contributed by atoms with Crippen LogP contribution in [0.5, 0.6) is 0 Å². The molecule has 4 fully saturated rings. The summed E-state index contributed by atoms with van der Waals surface area (Å²) < 4.78 is 40.4. The monoisotopic (exact) mass is 861 g/mol. The molecule has 0 radical (unpaired) electrons. The van der Waals surface area contributed by atoms with Gasteiger partial charge in [0.1, 0.15) is 31.0 Å². The van der Waals surface area contributed by atoms with Gasteiger partial charge in [0.2, 0.25) is 0 Å². The van der Waals surface area contributed by atoms with Gasteiger partial charge in [-0.15, -0.1) is 0 Å². The van der Waals surface area contributed by atoms with Gasteiger partial charge in [0.05, 0.1) is 25.9 Å². The first-order valence-electron chi connectivity index (χ1n) is 24.6. The highest BCUT2D eigenvalue weighted by Crippen LogP contribution is 2.67. The molecule has 0 bridgehead atoms. The summed E-state index contributed by atoms with van der Waals surface area (Å²) in [6.45, 7) is 15.1. The smallest absolute Gasteiger partial charge is 0.302 e. The number of allylic oxidation sites excluding steroid dienone is 1. The predicted octanol–water partition coefficient (Wildman–Crippen LogP) is 12.5. The summed E-state index contributed by atoms with van der Waals surface area (Å²) in [7, 11) is 0. The number of esters is 1. The molecule has 1 saturated heterocycles. The van der Waals surface area contributed by atoms with E-state index in [1.807, 2.05) is 66.7 Å². The Kier molecular flexibility index (Phi) is 15.3. The molecule has 0 spiro atoms. The molecular weight excluding hydrogens is 785 g/mol. The number of ether oxygens (including phenoxy) is 6. The third kappa shape index (κ3) is 10.7. The highest BCUT2D eigenvalue weighted by molar-refractivity contribution is 5.65. The average molecular weight is 861 g/mol. The first kappa shape index (κ1) is 46.2. The van der Waals surface area contributed by atoms with Crippen LogP contribution in [0.4, 0.5) is 0 Å². The van der Waals surface area contributed by atoms with Crippen LogP contribution >= 0.6 is 0 Å². The van der Waals surface area contributed by atoms with Gasteiger partial charge in [-0.2, -0.15) is 0 Å². The Morgan fingerprint density at radius 3 is 1.92 bits per heavy atom. The Morgan fingerprint density at radius 2 is 1.32 bits per heavy atom. The molecule has 0 aromatic heterocycles. The molecule has 8 rings (SSSR count). The van der Waals surface area contributed by atoms with Crippen LogP contribution in [0.15, 0.2) is 103 Å². The third-order valence-corrected chi connectivity index (χ3v) is 16.5. The lowest BCUT2D eigenvalue weighted by molar-refractivity contribution is -0.336. The Morgan fingerprint density at radius 1 is 0.714 bits per heavy atom. The van der Waals surface area contributed by atoms with Gasteiger partial charge in [-0.3, -0.25) is 4.79 Å². The van der Waals surface area contributed by atoms with Crippen molar-refractivity contribution in [1.29, 1.82) is 0 Å². The molecule has 63 heavy (non-hydrogen) atoms. The fraction of sp³-hybridized carbons (Fsp3) is 0.625. The summed E-state index contributed by atoms with van der Waals surface area (Å²) in [5.74, 6) is 4.43. The van der Waals surface area contributed by atoms with E-state index in [0.717, 1.165) is 71.5 Å². The van der Waals surface area contributed by atoms with Gasteiger partial charge in [-0.05, 0) is 114 Å². The third-order valence-electron chi connectivity index (χ3n) is 16.5. The topological polar surface area (TPSA) is 72.5 Å². The van der Waals surface area contributed by atoms with Gasteiger partial charge >= 0.3 is 5.97 Å². The molecule has 1 aliphatic heterocycles. The van der Waals surface area contributed by atoms with Gasteiger partial charge in [-0.1, -0.05) is 157 Å². The van der Waals surface area contributed by atoms with Crippen molar-refractivity contribution < 1.29 is 33.2 Å². The standard InChI is InChI=1S/C56H76O7/c1-38(2)17-16-18-39(3)47-27-28-48-46-26-25-44-33-45(29-31-55(44,5)49(46)30-32-56(47,48)6)62-54-53(61-36-43-23-14-9-15-24-43)52(60-35-42-21-12-8-13-22-42)51(50(63-54)37-58-40(4)57)59-34-41-19-10-7-11-20-41/h7-15,19-25,38-39,45-54H,16-18,26-37H2,1-6H3/t39-,45?,46+,47-,48+,49+,50-,51-,52+,53-,54+,55+,56-/m1/s1. The lowest BCUT2D eigenvalue weighted by atomic mass is 9.47. The average Bonchev–Trinajstić information content (AvgIpc) is 3.65. The molecule has 0 N–H and O–H groups in total. The van der Waals surface area contributed by atoms with Crippen LogP contribution < -0.4 is 0 Å². The van der Waals surface area contributed by atoms with Crippen LogP contribution in [0, 0.1) is 46.3 Å². The molecule has 7 nitrogen and oxygen atoms in total. The molecular formula is C56H76O7. The summed E-state index contributed by atoms with van der Waals surface area (Å²) in [6, 6.07) is 30.5. The van der Waals surface area contributed by atoms with E-state index in [4.69, 9.17) is 28.4 Å². The van der Waals surface area contributed by atoms with Crippen molar-refractivity contribution in [2.45, 2.75) is 169 Å². The van der Waals surface area contributed by atoms with Gasteiger partial charge < -0.3 is 28.4 Å². The molecule has 1 unspecified atom stereocenters. The van der Waals surface area contributed by atoms with Crippen LogP contribution in [0.2, 0.25) is 0 Å². The lowest BCUT2D eigenvalue weighted by Crippen LogP contribution is -2.62. The highest BCUT2D eigenvalue weighted by atomic mass is 16.7. The van der Waals surface area contributed by atoms with E-state index in [2.05, 4.69) is 65.0 Å². The van der Waals surface area contributed by atoms with Crippen molar-refractivity contribution in [3.63, 3.8) is 0 Å². The SMILES string of the molecule is CC(=O)OC[C@H]1O[C@H](OC2CC[C@@]3(C)C(=CC[C@H]4[C@@H]5CC[C@H]([C@H](C)CCCC(C)C)[C@@]5(C)CC[C@@H]43)C2)[C@H](OCc2ccccc2)[C@@H](OCc2ccccc2)[C@@H]1OCc1ccccc1. The van der Waals surface area contributed by atoms with Gasteiger partial charge in [0, 0.05) is 6.92 Å². The highest BCUT2D eigenvalue weighted by Gasteiger charge is 2.59. The summed E-state index contributed by atoms with van der Waals surface area (Å²) >= 11 is 0. The summed E-state index contributed by atoms with van der Waals surface area (Å²) in [5, 5.41) is 0. The minimum absolute atomic E-state index is 0.0138. The Hall–Kier alpha value is -3.33. The fourth-order valence-electron chi connectivity index (χ4n) is 13.1. The van der Waals surface area contributed by atoms with E-state index < -0.39 is 30.7 Å². The van der Waals surface area contributed by atoms with Crippen molar-refractivity contribution in [3.8, 4) is 0 Å². The summed E-state index contributed by atoms with van der Waals surface area (Å²) in [4.78, 5) is 12.3. The second kappa shape index (κ2) is 20.9. The van der Waals surface area contributed by atoms with E-state index in [1.54, 1.807) is 5.57 Å². The number of fused-ring (bicyclic) bond motifs is 5. The first-order valence-corrected chi connectivity index (χ1v) is 24.6. The van der Waals surface area contributed by atoms with Crippen molar-refractivity contribution >= 4 is 5.97 Å². The molecule has 3 aromatic rings. The molecule has 13 atom stereocenters. The van der Waals surface area contributed by atoms with Crippen LogP contribution in [0.1, 0.15) is 129 Å². The van der Waals surface area contributed by atoms with Crippen LogP contribution in [-0.2, 0) is 53.0 Å². The van der Waals surface area contributed by atoms with E-state index in [9.17, 15) is 4.79 Å². The lowest BCUT2D eigenvalue weighted by Gasteiger charge is -2.58. The largest absolute Gasteiger partial charge is 0.463 e. The molecule has 3 aromatic carbocycles. The number of hydrogen-bond acceptors (Lipinski definition) is 7. The van der Waals surface area contributed by atoms with Crippen LogP contribution in [0.25, 0.3) is 0 Å². The quantitative estimate of drug-likeness (QED) is 0.0932. The Bertz CT molecular complexity index is 1920. The molecule has 3 saturated carbocycles. The number of carbonyl (C=O) groups is 1. The van der Waals surface area contributed by atoms with E-state index in [-0.39, 0.29) is 24.1 Å². The maximum atomic E-state index is 12.3. The molecule has 342 valence electrons. The molecule has 1 heterocycles. The second-order valence-corrected chi connectivity index (χ2v) is 20.9. The second-order valence-electron chi connectivity index (χ2n) is 20.9. The van der Waals surface area contributed by atoms with Crippen molar-refractivity contribution in [1.82, 2.24) is 0 Å². The number of carbonyl (C=O) groups excluding carboxylic acids is 1. The number of hydrogen-bond donors (Lipinski definition) is 0. The first-order chi connectivity index (χ1) is 30.5. The van der Waals surface area contributed by atoms with E-state index >= 15 is 0 Å². The maximum Gasteiger partial charge on any atom is 0.302 e. The Balaban J connectivity index is 1.03. The molecule has 0 amide bonds. The number of benzene rings is 3. The number of rotatable bonds is 18. The maximum absolute atomic E-state index is 12.3. The zero-order valence-corrected chi connectivity index (χ0v) is 39.1.